The van der Waals surface area contributed by atoms with Gasteiger partial charge < -0.3 is 20.9 Å². The fraction of sp³-hybridized carbons (Fsp3) is 0.727. The lowest BCUT2D eigenvalue weighted by atomic mass is 10.1. The molecule has 2 atom stereocenters. The van der Waals surface area contributed by atoms with Gasteiger partial charge in [-0.1, -0.05) is 27.7 Å². The molecule has 0 radical (unpaired) electrons. The van der Waals surface area contributed by atoms with Crippen LogP contribution in [0.25, 0.3) is 0 Å². The summed E-state index contributed by atoms with van der Waals surface area (Å²) in [5, 5.41) is 0. The molecule has 0 fully saturated rings. The standard InChI is InChI=1S/C11H20N2O5/c1-5(2)7(12)9(14)17-11(16)18-10(15)8(13)6(3)4/h5-8H,12-13H2,1-4H3/t7-,8-/m0/s1. The molecule has 0 bridgehead atoms. The number of esters is 2. The molecule has 4 N–H and O–H groups in total. The first-order chi connectivity index (χ1) is 8.16. The van der Waals surface area contributed by atoms with Crippen molar-refractivity contribution >= 4 is 18.1 Å². The zero-order valence-electron chi connectivity index (χ0n) is 11.0. The van der Waals surface area contributed by atoms with E-state index in [2.05, 4.69) is 9.47 Å². The topological polar surface area (TPSA) is 122 Å². The maximum atomic E-state index is 11.3. The third kappa shape index (κ3) is 5.24. The Morgan fingerprint density at radius 1 is 0.778 bits per heavy atom. The average Bonchev–Trinajstić information content (AvgIpc) is 2.25. The molecule has 0 aromatic heterocycles. The van der Waals surface area contributed by atoms with Crippen molar-refractivity contribution in [3.05, 3.63) is 0 Å². The fourth-order valence-corrected chi connectivity index (χ4v) is 0.866. The molecule has 104 valence electrons. The molecule has 0 saturated heterocycles. The fourth-order valence-electron chi connectivity index (χ4n) is 0.866. The van der Waals surface area contributed by atoms with E-state index >= 15 is 0 Å². The lowest BCUT2D eigenvalue weighted by Gasteiger charge is -2.15. The summed E-state index contributed by atoms with van der Waals surface area (Å²) in [6, 6.07) is -1.90. The lowest BCUT2D eigenvalue weighted by molar-refractivity contribution is -0.149. The van der Waals surface area contributed by atoms with Crippen molar-refractivity contribution in [1.29, 1.82) is 0 Å². The summed E-state index contributed by atoms with van der Waals surface area (Å²) in [5.74, 6) is -2.28. The van der Waals surface area contributed by atoms with Gasteiger partial charge in [0.25, 0.3) is 0 Å². The Balaban J connectivity index is 4.28. The third-order valence-corrected chi connectivity index (χ3v) is 2.35. The molecule has 0 saturated carbocycles. The molecule has 0 rings (SSSR count). The first-order valence-electron chi connectivity index (χ1n) is 5.65. The van der Waals surface area contributed by atoms with Crippen LogP contribution in [0.3, 0.4) is 0 Å². The maximum Gasteiger partial charge on any atom is 0.524 e. The van der Waals surface area contributed by atoms with Gasteiger partial charge >= 0.3 is 18.1 Å². The SMILES string of the molecule is CC(C)[C@H](N)C(=O)OC(=O)OC(=O)[C@@H](N)C(C)C. The molecule has 0 aliphatic carbocycles. The van der Waals surface area contributed by atoms with Gasteiger partial charge in [-0.3, -0.25) is 0 Å². The molecule has 0 amide bonds. The van der Waals surface area contributed by atoms with Gasteiger partial charge in [-0.05, 0) is 11.8 Å². The number of hydrogen-bond acceptors (Lipinski definition) is 7. The summed E-state index contributed by atoms with van der Waals surface area (Å²) >= 11 is 0. The van der Waals surface area contributed by atoms with Crippen LogP contribution in [0.1, 0.15) is 27.7 Å². The zero-order chi connectivity index (χ0) is 14.5. The van der Waals surface area contributed by atoms with Crippen molar-refractivity contribution in [1.82, 2.24) is 0 Å². The molecule has 0 spiro atoms. The molecule has 7 heteroatoms. The van der Waals surface area contributed by atoms with Crippen molar-refractivity contribution in [2.24, 2.45) is 23.3 Å². The normalized spacial score (nSPS) is 14.2. The van der Waals surface area contributed by atoms with Crippen LogP contribution in [-0.4, -0.2) is 30.2 Å². The van der Waals surface area contributed by atoms with Crippen molar-refractivity contribution in [3.63, 3.8) is 0 Å². The molecule has 0 aliphatic rings. The van der Waals surface area contributed by atoms with Gasteiger partial charge in [-0.15, -0.1) is 0 Å². The summed E-state index contributed by atoms with van der Waals surface area (Å²) in [4.78, 5) is 33.7. The van der Waals surface area contributed by atoms with Crippen molar-refractivity contribution < 1.29 is 23.9 Å². The van der Waals surface area contributed by atoms with Crippen LogP contribution in [0, 0.1) is 11.8 Å². The molecule has 7 nitrogen and oxygen atoms in total. The minimum Gasteiger partial charge on any atom is -0.359 e. The predicted octanol–water partition coefficient (Wildman–Crippen LogP) is 0.159. The van der Waals surface area contributed by atoms with E-state index in [1.807, 2.05) is 0 Å². The highest BCUT2D eigenvalue weighted by molar-refractivity contribution is 5.91. The van der Waals surface area contributed by atoms with Gasteiger partial charge in [0.15, 0.2) is 0 Å². The van der Waals surface area contributed by atoms with E-state index in [0.717, 1.165) is 0 Å². The van der Waals surface area contributed by atoms with E-state index < -0.39 is 30.2 Å². The van der Waals surface area contributed by atoms with Gasteiger partial charge in [0.1, 0.15) is 12.1 Å². The Morgan fingerprint density at radius 3 is 1.28 bits per heavy atom. The van der Waals surface area contributed by atoms with Gasteiger partial charge in [-0.2, -0.15) is 0 Å². The van der Waals surface area contributed by atoms with Crippen molar-refractivity contribution in [2.45, 2.75) is 39.8 Å². The Kier molecular flexibility index (Phi) is 6.50. The summed E-state index contributed by atoms with van der Waals surface area (Å²) < 4.78 is 8.55. The highest BCUT2D eigenvalue weighted by atomic mass is 16.8. The molecule has 0 unspecified atom stereocenters. The Labute approximate surface area is 106 Å². The molecular weight excluding hydrogens is 240 g/mol. The Morgan fingerprint density at radius 2 is 1.06 bits per heavy atom. The lowest BCUT2D eigenvalue weighted by Crippen LogP contribution is -2.41. The minimum absolute atomic E-state index is 0.195. The number of hydrogen-bond donors (Lipinski definition) is 2. The average molecular weight is 260 g/mol. The van der Waals surface area contributed by atoms with Crippen LogP contribution in [-0.2, 0) is 19.1 Å². The number of carbonyl (C=O) groups is 3. The molecule has 0 heterocycles. The second-order valence-corrected chi connectivity index (χ2v) is 4.63. The van der Waals surface area contributed by atoms with Crippen molar-refractivity contribution in [2.75, 3.05) is 0 Å². The highest BCUT2D eigenvalue weighted by Gasteiger charge is 2.26. The molecule has 0 aromatic rings. The van der Waals surface area contributed by atoms with Crippen LogP contribution < -0.4 is 11.5 Å². The van der Waals surface area contributed by atoms with Gasteiger partial charge in [0.05, 0.1) is 0 Å². The number of carbonyl (C=O) groups excluding carboxylic acids is 3. The van der Waals surface area contributed by atoms with Crippen molar-refractivity contribution in [3.8, 4) is 0 Å². The van der Waals surface area contributed by atoms with Gasteiger partial charge in [0, 0.05) is 0 Å². The number of ether oxygens (including phenoxy) is 2. The van der Waals surface area contributed by atoms with E-state index in [9.17, 15) is 14.4 Å². The highest BCUT2D eigenvalue weighted by Crippen LogP contribution is 2.04. The molecule has 0 aromatic carbocycles. The van der Waals surface area contributed by atoms with E-state index in [1.165, 1.54) is 0 Å². The van der Waals surface area contributed by atoms with Crippen LogP contribution in [0.2, 0.25) is 0 Å². The van der Waals surface area contributed by atoms with E-state index in [-0.39, 0.29) is 11.8 Å². The quantitative estimate of drug-likeness (QED) is 0.545. The first-order valence-corrected chi connectivity index (χ1v) is 5.65. The molecule has 0 aliphatic heterocycles. The monoisotopic (exact) mass is 260 g/mol. The van der Waals surface area contributed by atoms with Gasteiger partial charge in [-0.25, -0.2) is 14.4 Å². The van der Waals surface area contributed by atoms with E-state index in [1.54, 1.807) is 27.7 Å². The largest absolute Gasteiger partial charge is 0.524 e. The smallest absolute Gasteiger partial charge is 0.359 e. The van der Waals surface area contributed by atoms with Crippen LogP contribution >= 0.6 is 0 Å². The zero-order valence-corrected chi connectivity index (χ0v) is 11.0. The first kappa shape index (κ1) is 16.5. The van der Waals surface area contributed by atoms with E-state index in [0.29, 0.717) is 0 Å². The molecule has 18 heavy (non-hydrogen) atoms. The third-order valence-electron chi connectivity index (χ3n) is 2.35. The Bertz CT molecular complexity index is 297. The van der Waals surface area contributed by atoms with Crippen LogP contribution in [0.5, 0.6) is 0 Å². The van der Waals surface area contributed by atoms with Crippen LogP contribution in [0.15, 0.2) is 0 Å². The predicted molar refractivity (Wildman–Crippen MR) is 63.2 cm³/mol. The summed E-state index contributed by atoms with van der Waals surface area (Å²) in [6.45, 7) is 6.77. The van der Waals surface area contributed by atoms with Gasteiger partial charge in [0.2, 0.25) is 0 Å². The Hall–Kier alpha value is -1.47. The second kappa shape index (κ2) is 7.07. The number of nitrogens with two attached hydrogens (primary N) is 2. The summed E-state index contributed by atoms with van der Waals surface area (Å²) in [5.41, 5.74) is 10.9. The molecular formula is C11H20N2O5. The summed E-state index contributed by atoms with van der Waals surface area (Å²) in [7, 11) is 0. The van der Waals surface area contributed by atoms with E-state index in [4.69, 9.17) is 11.5 Å². The summed E-state index contributed by atoms with van der Waals surface area (Å²) in [6.07, 6.45) is -1.41. The van der Waals surface area contributed by atoms with Crippen LogP contribution in [0.4, 0.5) is 4.79 Å². The minimum atomic E-state index is -1.41. The maximum absolute atomic E-state index is 11.3. The number of rotatable bonds is 4. The second-order valence-electron chi connectivity index (χ2n) is 4.63.